The lowest BCUT2D eigenvalue weighted by molar-refractivity contribution is -0.136. The van der Waals surface area contributed by atoms with E-state index in [1.165, 1.54) is 11.8 Å². The third-order valence-corrected chi connectivity index (χ3v) is 4.19. The molecule has 0 spiro atoms. The van der Waals surface area contributed by atoms with Crippen molar-refractivity contribution < 1.29 is 18.9 Å². The van der Waals surface area contributed by atoms with Gasteiger partial charge in [0.05, 0.1) is 11.4 Å². The first-order chi connectivity index (χ1) is 9.97. The molecule has 7 nitrogen and oxygen atoms in total. The Bertz CT molecular complexity index is 550. The number of carbonyl (C=O) groups excluding carboxylic acids is 3. The zero-order valence-electron chi connectivity index (χ0n) is 11.9. The first-order valence-corrected chi connectivity index (χ1v) is 7.75. The SMILES string of the molecule is Cc1noc(C)c1CSCC(=O)NC1CCC(=O)NC1=O. The molecule has 2 N–H and O–H groups in total. The van der Waals surface area contributed by atoms with Crippen LogP contribution in [0.25, 0.3) is 0 Å². The highest BCUT2D eigenvalue weighted by Gasteiger charge is 2.27. The average Bonchev–Trinajstić information content (AvgIpc) is 2.74. The van der Waals surface area contributed by atoms with Gasteiger partial charge in [0, 0.05) is 17.7 Å². The third-order valence-electron chi connectivity index (χ3n) is 3.24. The Labute approximate surface area is 126 Å². The summed E-state index contributed by atoms with van der Waals surface area (Å²) in [7, 11) is 0. The molecule has 1 aromatic heterocycles. The van der Waals surface area contributed by atoms with E-state index in [1.54, 1.807) is 0 Å². The Kier molecular flexibility index (Phi) is 5.00. The lowest BCUT2D eigenvalue weighted by atomic mass is 10.1. The van der Waals surface area contributed by atoms with Gasteiger partial charge in [-0.15, -0.1) is 11.8 Å². The molecule has 1 fully saturated rings. The van der Waals surface area contributed by atoms with Crippen LogP contribution < -0.4 is 10.6 Å². The van der Waals surface area contributed by atoms with Crippen molar-refractivity contribution in [2.24, 2.45) is 0 Å². The second-order valence-corrected chi connectivity index (χ2v) is 5.85. The van der Waals surface area contributed by atoms with E-state index in [2.05, 4.69) is 15.8 Å². The average molecular weight is 311 g/mol. The van der Waals surface area contributed by atoms with Crippen molar-refractivity contribution in [2.75, 3.05) is 5.75 Å². The number of thioether (sulfide) groups is 1. The molecule has 1 aliphatic rings. The first-order valence-electron chi connectivity index (χ1n) is 6.60. The molecule has 21 heavy (non-hydrogen) atoms. The number of aryl methyl sites for hydroxylation is 2. The van der Waals surface area contributed by atoms with Crippen LogP contribution in [-0.4, -0.2) is 34.7 Å². The standard InChI is InChI=1S/C13H17N3O4S/c1-7-9(8(2)20-16-7)5-21-6-12(18)14-10-3-4-11(17)15-13(10)19/h10H,3-6H2,1-2H3,(H,14,18)(H,15,17,19). The van der Waals surface area contributed by atoms with Crippen LogP contribution in [0.1, 0.15) is 29.9 Å². The molecular formula is C13H17N3O4S. The second kappa shape index (κ2) is 6.75. The second-order valence-electron chi connectivity index (χ2n) is 4.87. The number of rotatable bonds is 5. The van der Waals surface area contributed by atoms with Crippen molar-refractivity contribution in [1.82, 2.24) is 15.8 Å². The maximum Gasteiger partial charge on any atom is 0.249 e. The van der Waals surface area contributed by atoms with Crippen molar-refractivity contribution >= 4 is 29.5 Å². The van der Waals surface area contributed by atoms with Crippen LogP contribution in [0.4, 0.5) is 0 Å². The predicted octanol–water partition coefficient (Wildman–Crippen LogP) is 0.446. The molecule has 1 atom stereocenters. The Morgan fingerprint density at radius 2 is 2.24 bits per heavy atom. The molecule has 3 amide bonds. The van der Waals surface area contributed by atoms with Gasteiger partial charge in [-0.05, 0) is 20.3 Å². The Balaban J connectivity index is 1.75. The molecule has 114 valence electrons. The van der Waals surface area contributed by atoms with Crippen molar-refractivity contribution in [3.8, 4) is 0 Å². The highest BCUT2D eigenvalue weighted by Crippen LogP contribution is 2.19. The minimum Gasteiger partial charge on any atom is -0.361 e. The number of imide groups is 1. The summed E-state index contributed by atoms with van der Waals surface area (Å²) in [5.74, 6) is 0.673. The van der Waals surface area contributed by atoms with Crippen LogP contribution in [0, 0.1) is 13.8 Å². The van der Waals surface area contributed by atoms with Gasteiger partial charge < -0.3 is 9.84 Å². The number of nitrogens with one attached hydrogen (secondary N) is 2. The quantitative estimate of drug-likeness (QED) is 0.765. The Hall–Kier alpha value is -1.83. The van der Waals surface area contributed by atoms with Crippen LogP contribution in [0.3, 0.4) is 0 Å². The molecule has 0 saturated carbocycles. The minimum atomic E-state index is -0.616. The van der Waals surface area contributed by atoms with Gasteiger partial charge in [-0.2, -0.15) is 0 Å². The maximum atomic E-state index is 11.8. The molecule has 8 heteroatoms. The van der Waals surface area contributed by atoms with E-state index in [-0.39, 0.29) is 24.0 Å². The molecule has 1 unspecified atom stereocenters. The van der Waals surface area contributed by atoms with Crippen molar-refractivity contribution in [1.29, 1.82) is 0 Å². The monoisotopic (exact) mass is 311 g/mol. The number of amides is 3. The van der Waals surface area contributed by atoms with Gasteiger partial charge >= 0.3 is 0 Å². The zero-order valence-corrected chi connectivity index (χ0v) is 12.7. The fourth-order valence-corrected chi connectivity index (χ4v) is 3.01. The van der Waals surface area contributed by atoms with Gasteiger partial charge in [-0.3, -0.25) is 19.7 Å². The third kappa shape index (κ3) is 4.07. The number of carbonyl (C=O) groups is 3. The maximum absolute atomic E-state index is 11.8. The normalized spacial score (nSPS) is 18.5. The molecular weight excluding hydrogens is 294 g/mol. The van der Waals surface area contributed by atoms with Crippen LogP contribution in [-0.2, 0) is 20.1 Å². The smallest absolute Gasteiger partial charge is 0.249 e. The topological polar surface area (TPSA) is 101 Å². The number of nitrogens with zero attached hydrogens (tertiary/aromatic N) is 1. The van der Waals surface area contributed by atoms with Crippen molar-refractivity contribution in [3.63, 3.8) is 0 Å². The van der Waals surface area contributed by atoms with E-state index in [0.717, 1.165) is 17.0 Å². The predicted molar refractivity (Wildman–Crippen MR) is 76.5 cm³/mol. The molecule has 0 radical (unpaired) electrons. The van der Waals surface area contributed by atoms with E-state index in [4.69, 9.17) is 4.52 Å². The van der Waals surface area contributed by atoms with E-state index in [9.17, 15) is 14.4 Å². The van der Waals surface area contributed by atoms with Crippen LogP contribution >= 0.6 is 11.8 Å². The molecule has 0 aromatic carbocycles. The largest absolute Gasteiger partial charge is 0.361 e. The summed E-state index contributed by atoms with van der Waals surface area (Å²) in [6.07, 6.45) is 0.605. The van der Waals surface area contributed by atoms with Gasteiger partial charge in [0.1, 0.15) is 11.8 Å². The summed E-state index contributed by atoms with van der Waals surface area (Å²) in [6.45, 7) is 3.69. The zero-order chi connectivity index (χ0) is 15.4. The summed E-state index contributed by atoms with van der Waals surface area (Å²) < 4.78 is 5.05. The molecule has 2 heterocycles. The van der Waals surface area contributed by atoms with E-state index in [1.807, 2.05) is 13.8 Å². The summed E-state index contributed by atoms with van der Waals surface area (Å²) in [5, 5.41) is 8.69. The van der Waals surface area contributed by atoms with Gasteiger partial charge in [-0.1, -0.05) is 5.16 Å². The lowest BCUT2D eigenvalue weighted by Crippen LogP contribution is -2.52. The number of hydrogen-bond donors (Lipinski definition) is 2. The van der Waals surface area contributed by atoms with Crippen molar-refractivity contribution in [2.45, 2.75) is 38.5 Å². The fourth-order valence-electron chi connectivity index (χ4n) is 2.02. The summed E-state index contributed by atoms with van der Waals surface area (Å²) in [5.41, 5.74) is 1.82. The van der Waals surface area contributed by atoms with E-state index < -0.39 is 11.9 Å². The van der Waals surface area contributed by atoms with Gasteiger partial charge in [0.2, 0.25) is 17.7 Å². The van der Waals surface area contributed by atoms with Crippen LogP contribution in [0.2, 0.25) is 0 Å². The molecule has 2 rings (SSSR count). The van der Waals surface area contributed by atoms with Crippen LogP contribution in [0.15, 0.2) is 4.52 Å². The molecule has 0 bridgehead atoms. The molecule has 1 aromatic rings. The molecule has 1 saturated heterocycles. The molecule has 1 aliphatic heterocycles. The van der Waals surface area contributed by atoms with E-state index >= 15 is 0 Å². The highest BCUT2D eigenvalue weighted by atomic mass is 32.2. The number of aromatic nitrogens is 1. The summed E-state index contributed by atoms with van der Waals surface area (Å²) in [6, 6.07) is -0.616. The van der Waals surface area contributed by atoms with Gasteiger partial charge in [0.15, 0.2) is 0 Å². The fraction of sp³-hybridized carbons (Fsp3) is 0.538. The number of piperidine rings is 1. The molecule has 0 aliphatic carbocycles. The van der Waals surface area contributed by atoms with E-state index in [0.29, 0.717) is 12.2 Å². The Morgan fingerprint density at radius 1 is 1.48 bits per heavy atom. The first kappa shape index (κ1) is 15.6. The van der Waals surface area contributed by atoms with Crippen molar-refractivity contribution in [3.05, 3.63) is 17.0 Å². The minimum absolute atomic E-state index is 0.221. The van der Waals surface area contributed by atoms with Gasteiger partial charge in [0.25, 0.3) is 0 Å². The van der Waals surface area contributed by atoms with Gasteiger partial charge in [-0.25, -0.2) is 0 Å². The highest BCUT2D eigenvalue weighted by molar-refractivity contribution is 7.99. The Morgan fingerprint density at radius 3 is 2.86 bits per heavy atom. The summed E-state index contributed by atoms with van der Waals surface area (Å²) in [4.78, 5) is 34.3. The lowest BCUT2D eigenvalue weighted by Gasteiger charge is -2.21. The van der Waals surface area contributed by atoms with Crippen LogP contribution in [0.5, 0.6) is 0 Å². The number of hydrogen-bond acceptors (Lipinski definition) is 6. The summed E-state index contributed by atoms with van der Waals surface area (Å²) >= 11 is 1.43.